The van der Waals surface area contributed by atoms with E-state index in [0.717, 1.165) is 21.7 Å². The Balaban J connectivity index is 1.44. The smallest absolute Gasteiger partial charge is 0.282 e. The Hall–Kier alpha value is -4.04. The molecular formula is C25H23N3O5. The number of hydrogen-bond donors (Lipinski definition) is 0. The van der Waals surface area contributed by atoms with Crippen molar-refractivity contribution in [2.45, 2.75) is 19.6 Å². The van der Waals surface area contributed by atoms with E-state index in [1.54, 1.807) is 30.2 Å². The van der Waals surface area contributed by atoms with Gasteiger partial charge >= 0.3 is 0 Å². The van der Waals surface area contributed by atoms with E-state index in [-0.39, 0.29) is 17.5 Å². The van der Waals surface area contributed by atoms with Crippen LogP contribution >= 0.6 is 0 Å². The van der Waals surface area contributed by atoms with Crippen molar-refractivity contribution in [2.24, 2.45) is 0 Å². The molecule has 2 aromatic rings. The van der Waals surface area contributed by atoms with Crippen molar-refractivity contribution < 1.29 is 23.9 Å². The van der Waals surface area contributed by atoms with Gasteiger partial charge in [0, 0.05) is 38.9 Å². The van der Waals surface area contributed by atoms with E-state index in [1.165, 1.54) is 31.0 Å². The van der Waals surface area contributed by atoms with Gasteiger partial charge in [-0.1, -0.05) is 24.3 Å². The van der Waals surface area contributed by atoms with Gasteiger partial charge in [-0.05, 0) is 47.9 Å². The van der Waals surface area contributed by atoms with Gasteiger partial charge in [-0.25, -0.2) is 4.90 Å². The van der Waals surface area contributed by atoms with Crippen LogP contribution < -0.4 is 9.80 Å². The van der Waals surface area contributed by atoms with Crippen molar-refractivity contribution in [1.82, 2.24) is 4.90 Å². The molecule has 4 rings (SSSR count). The van der Waals surface area contributed by atoms with Crippen molar-refractivity contribution in [3.05, 3.63) is 83.6 Å². The van der Waals surface area contributed by atoms with Gasteiger partial charge in [-0.15, -0.1) is 0 Å². The normalized spacial score (nSPS) is 17.7. The second kappa shape index (κ2) is 8.84. The minimum absolute atomic E-state index is 0.0547. The zero-order valence-electron chi connectivity index (χ0n) is 18.5. The van der Waals surface area contributed by atoms with Crippen LogP contribution in [-0.2, 0) is 30.3 Å². The first-order valence-corrected chi connectivity index (χ1v) is 10.4. The number of hydrogen-bond acceptors (Lipinski definition) is 5. The monoisotopic (exact) mass is 445 g/mol. The molecule has 2 aliphatic heterocycles. The molecule has 1 atom stereocenters. The first-order valence-electron chi connectivity index (χ1n) is 10.4. The molecule has 0 fully saturated rings. The average molecular weight is 445 g/mol. The lowest BCUT2D eigenvalue weighted by Crippen LogP contribution is -2.35. The second-order valence-electron chi connectivity index (χ2n) is 7.79. The largest absolute Gasteiger partial charge is 0.357 e. The lowest BCUT2D eigenvalue weighted by atomic mass is 10.0. The van der Waals surface area contributed by atoms with Gasteiger partial charge in [-0.2, -0.15) is 0 Å². The summed E-state index contributed by atoms with van der Waals surface area (Å²) in [6.07, 6.45) is 4.62. The predicted octanol–water partition coefficient (Wildman–Crippen LogP) is 2.39. The molecule has 0 radical (unpaired) electrons. The molecule has 168 valence electrons. The topological polar surface area (TPSA) is 87.2 Å². The molecule has 1 unspecified atom stereocenters. The Morgan fingerprint density at radius 3 is 2.06 bits per heavy atom. The Morgan fingerprint density at radius 2 is 1.52 bits per heavy atom. The van der Waals surface area contributed by atoms with E-state index in [2.05, 4.69) is 0 Å². The van der Waals surface area contributed by atoms with E-state index < -0.39 is 18.0 Å². The molecule has 8 heteroatoms. The van der Waals surface area contributed by atoms with Gasteiger partial charge in [-0.3, -0.25) is 24.1 Å². The van der Waals surface area contributed by atoms with Crippen LogP contribution in [-0.4, -0.2) is 48.9 Å². The van der Waals surface area contributed by atoms with Crippen molar-refractivity contribution >= 4 is 35.0 Å². The highest BCUT2D eigenvalue weighted by molar-refractivity contribution is 6.30. The zero-order chi connectivity index (χ0) is 23.7. The molecule has 0 aliphatic carbocycles. The molecular weight excluding hydrogens is 422 g/mol. The number of rotatable bonds is 6. The molecule has 0 N–H and O–H groups in total. The van der Waals surface area contributed by atoms with Crippen LogP contribution in [0.1, 0.15) is 18.1 Å². The lowest BCUT2D eigenvalue weighted by Gasteiger charge is -2.23. The van der Waals surface area contributed by atoms with Crippen molar-refractivity contribution in [1.29, 1.82) is 0 Å². The molecule has 0 saturated carbocycles. The summed E-state index contributed by atoms with van der Waals surface area (Å²) >= 11 is 0. The van der Waals surface area contributed by atoms with Crippen LogP contribution in [0.4, 0.5) is 11.4 Å². The van der Waals surface area contributed by atoms with Crippen LogP contribution in [0.25, 0.3) is 0 Å². The fourth-order valence-corrected chi connectivity index (χ4v) is 3.80. The Morgan fingerprint density at radius 1 is 0.939 bits per heavy atom. The van der Waals surface area contributed by atoms with E-state index >= 15 is 0 Å². The highest BCUT2D eigenvalue weighted by atomic mass is 16.5. The van der Waals surface area contributed by atoms with Crippen LogP contribution in [0.3, 0.4) is 0 Å². The molecule has 2 aliphatic rings. The molecule has 2 heterocycles. The summed E-state index contributed by atoms with van der Waals surface area (Å²) < 4.78 is 5.32. The number of amides is 4. The second-order valence-corrected chi connectivity index (χ2v) is 7.79. The number of nitrogens with zero attached hydrogens (tertiary/aromatic N) is 3. The molecule has 0 bridgehead atoms. The van der Waals surface area contributed by atoms with Crippen LogP contribution in [0.2, 0.25) is 0 Å². The maximum atomic E-state index is 12.6. The van der Waals surface area contributed by atoms with Crippen LogP contribution in [0, 0.1) is 0 Å². The Kier molecular flexibility index (Phi) is 5.93. The van der Waals surface area contributed by atoms with Gasteiger partial charge in [0.1, 0.15) is 5.70 Å². The van der Waals surface area contributed by atoms with Crippen LogP contribution in [0.5, 0.6) is 0 Å². The summed E-state index contributed by atoms with van der Waals surface area (Å²) in [4.78, 5) is 52.4. The maximum Gasteiger partial charge on any atom is 0.282 e. The molecule has 4 amide bonds. The summed E-state index contributed by atoms with van der Waals surface area (Å²) in [5, 5.41) is 0. The Labute approximate surface area is 191 Å². The van der Waals surface area contributed by atoms with Gasteiger partial charge in [0.05, 0.1) is 5.69 Å². The van der Waals surface area contributed by atoms with E-state index in [9.17, 15) is 19.2 Å². The van der Waals surface area contributed by atoms with E-state index in [1.807, 2.05) is 36.4 Å². The Bertz CT molecular complexity index is 1180. The number of carbonyl (C=O) groups excluding carboxylic acids is 4. The highest BCUT2D eigenvalue weighted by Gasteiger charge is 2.35. The fourth-order valence-electron chi connectivity index (χ4n) is 3.80. The van der Waals surface area contributed by atoms with Crippen molar-refractivity contribution in [2.75, 3.05) is 24.0 Å². The standard InChI is InChI=1S/C25H23N3O5/c1-16(29)26(2)21-15-23(31)28(25(21)32)20-10-6-18(7-11-20)14-17-4-8-19(9-5-17)27-22(30)12-13-24(27)33-3/h4-13,15,24H,14H2,1-3H3. The van der Waals surface area contributed by atoms with Gasteiger partial charge in [0.25, 0.3) is 17.7 Å². The quantitative estimate of drug-likeness (QED) is 0.638. The molecule has 33 heavy (non-hydrogen) atoms. The third-order valence-corrected chi connectivity index (χ3v) is 5.69. The number of ether oxygens (including phenoxy) is 1. The minimum atomic E-state index is -0.527. The van der Waals surface area contributed by atoms with E-state index in [4.69, 9.17) is 4.74 Å². The summed E-state index contributed by atoms with van der Waals surface area (Å²) in [6, 6.07) is 14.8. The molecule has 0 spiro atoms. The number of benzene rings is 2. The number of carbonyl (C=O) groups is 4. The molecule has 8 nitrogen and oxygen atoms in total. The number of imide groups is 1. The summed E-state index contributed by atoms with van der Waals surface area (Å²) in [6.45, 7) is 1.33. The van der Waals surface area contributed by atoms with Gasteiger partial charge in [0.15, 0.2) is 6.23 Å². The fraction of sp³-hybridized carbons (Fsp3) is 0.200. The minimum Gasteiger partial charge on any atom is -0.357 e. The van der Waals surface area contributed by atoms with Gasteiger partial charge < -0.3 is 9.64 Å². The van der Waals surface area contributed by atoms with Crippen LogP contribution in [0.15, 0.2) is 72.5 Å². The van der Waals surface area contributed by atoms with Crippen molar-refractivity contribution in [3.8, 4) is 0 Å². The number of anilines is 2. The molecule has 0 saturated heterocycles. The molecule has 2 aromatic carbocycles. The first-order chi connectivity index (χ1) is 15.8. The third-order valence-electron chi connectivity index (χ3n) is 5.69. The average Bonchev–Trinajstić information content (AvgIpc) is 3.33. The SMILES string of the molecule is COC1C=CC(=O)N1c1ccc(Cc2ccc(N3C(=O)C=C(N(C)C(C)=O)C3=O)cc2)cc1. The maximum absolute atomic E-state index is 12.6. The van der Waals surface area contributed by atoms with Gasteiger partial charge in [0.2, 0.25) is 5.91 Å². The summed E-state index contributed by atoms with van der Waals surface area (Å²) in [5.74, 6) is -1.45. The summed E-state index contributed by atoms with van der Waals surface area (Å²) in [5.41, 5.74) is 3.28. The molecule has 0 aromatic heterocycles. The first kappa shape index (κ1) is 22.2. The third kappa shape index (κ3) is 4.20. The highest BCUT2D eigenvalue weighted by Crippen LogP contribution is 2.26. The summed E-state index contributed by atoms with van der Waals surface area (Å²) in [7, 11) is 3.02. The predicted molar refractivity (Wildman–Crippen MR) is 122 cm³/mol. The van der Waals surface area contributed by atoms with Crippen molar-refractivity contribution in [3.63, 3.8) is 0 Å². The zero-order valence-corrected chi connectivity index (χ0v) is 18.5. The number of methoxy groups -OCH3 is 1. The number of likely N-dealkylation sites (N-methyl/N-ethyl adjacent to an activating group) is 1. The lowest BCUT2D eigenvalue weighted by molar-refractivity contribution is -0.129. The van der Waals surface area contributed by atoms with E-state index in [0.29, 0.717) is 12.1 Å².